The van der Waals surface area contributed by atoms with Gasteiger partial charge in [-0.2, -0.15) is 4.98 Å². The third kappa shape index (κ3) is 3.67. The zero-order valence-corrected chi connectivity index (χ0v) is 16.5. The van der Waals surface area contributed by atoms with E-state index in [0.29, 0.717) is 9.84 Å². The van der Waals surface area contributed by atoms with Crippen LogP contribution >= 0.6 is 22.7 Å². The third-order valence-electron chi connectivity index (χ3n) is 4.09. The molecule has 1 aromatic carbocycles. The zero-order chi connectivity index (χ0) is 19.5. The molecule has 0 bridgehead atoms. The van der Waals surface area contributed by atoms with Crippen molar-refractivity contribution in [1.29, 1.82) is 0 Å². The first-order valence-electron chi connectivity index (χ1n) is 8.50. The molecule has 3 aromatic heterocycles. The number of benzene rings is 1. The highest BCUT2D eigenvalue weighted by Gasteiger charge is 2.16. The Balaban J connectivity index is 1.47. The Labute approximate surface area is 168 Å². The van der Waals surface area contributed by atoms with E-state index in [1.165, 1.54) is 22.7 Å². The number of rotatable bonds is 7. The number of methoxy groups -OCH3 is 1. The number of fused-ring (bicyclic) bond motifs is 1. The Morgan fingerprint density at radius 1 is 1.14 bits per heavy atom. The summed E-state index contributed by atoms with van der Waals surface area (Å²) < 4.78 is 7.09. The van der Waals surface area contributed by atoms with E-state index in [-0.39, 0.29) is 30.5 Å². The molecule has 0 unspecified atom stereocenters. The number of Topliss-reactive ketones (excluding diaryl/α,β-unsaturated/α-hetero) is 1. The minimum absolute atomic E-state index is 0.0395. The Bertz CT molecular complexity index is 1130. The summed E-state index contributed by atoms with van der Waals surface area (Å²) in [6.45, 7) is 0. The lowest BCUT2D eigenvalue weighted by molar-refractivity contribution is -0.116. The summed E-state index contributed by atoms with van der Waals surface area (Å²) in [7, 11) is 1.62. The van der Waals surface area contributed by atoms with Gasteiger partial charge < -0.3 is 4.74 Å². The summed E-state index contributed by atoms with van der Waals surface area (Å²) in [5.74, 6) is 0.622. The van der Waals surface area contributed by atoms with Crippen molar-refractivity contribution in [1.82, 2.24) is 14.6 Å². The average molecular weight is 412 g/mol. The molecule has 0 saturated heterocycles. The second kappa shape index (κ2) is 7.91. The Morgan fingerprint density at radius 2 is 2.00 bits per heavy atom. The van der Waals surface area contributed by atoms with Crippen molar-refractivity contribution in [2.75, 3.05) is 12.4 Å². The SMILES string of the molecule is COc1ccccc1-c1csc2nc(NC(=O)CCC(=O)c3cccs3)nn12. The number of carbonyl (C=O) groups is 2. The van der Waals surface area contributed by atoms with Gasteiger partial charge in [-0.1, -0.05) is 18.2 Å². The molecule has 1 N–H and O–H groups in total. The van der Waals surface area contributed by atoms with Gasteiger partial charge in [0.15, 0.2) is 5.78 Å². The van der Waals surface area contributed by atoms with Gasteiger partial charge in [-0.3, -0.25) is 14.9 Å². The number of hydrogen-bond acceptors (Lipinski definition) is 7. The molecular formula is C19H16N4O3S2. The Morgan fingerprint density at radius 3 is 2.79 bits per heavy atom. The highest BCUT2D eigenvalue weighted by atomic mass is 32.1. The van der Waals surface area contributed by atoms with Gasteiger partial charge >= 0.3 is 0 Å². The zero-order valence-electron chi connectivity index (χ0n) is 14.9. The molecule has 0 radical (unpaired) electrons. The number of nitrogens with zero attached hydrogens (tertiary/aromatic N) is 3. The predicted octanol–water partition coefficient (Wildman–Crippen LogP) is 4.13. The highest BCUT2D eigenvalue weighted by Crippen LogP contribution is 2.32. The van der Waals surface area contributed by atoms with E-state index in [1.807, 2.05) is 41.1 Å². The van der Waals surface area contributed by atoms with Crippen LogP contribution in [0.1, 0.15) is 22.5 Å². The fraction of sp³-hybridized carbons (Fsp3) is 0.158. The van der Waals surface area contributed by atoms with E-state index < -0.39 is 0 Å². The minimum Gasteiger partial charge on any atom is -0.496 e. The van der Waals surface area contributed by atoms with Crippen LogP contribution in [-0.2, 0) is 4.79 Å². The molecule has 0 fully saturated rings. The number of anilines is 1. The van der Waals surface area contributed by atoms with Crippen molar-refractivity contribution in [3.05, 3.63) is 52.0 Å². The molecule has 0 atom stereocenters. The van der Waals surface area contributed by atoms with Crippen LogP contribution in [0.3, 0.4) is 0 Å². The molecule has 4 rings (SSSR count). The van der Waals surface area contributed by atoms with Crippen LogP contribution in [0.5, 0.6) is 5.75 Å². The number of carbonyl (C=O) groups excluding carboxylic acids is 2. The fourth-order valence-corrected chi connectivity index (χ4v) is 4.27. The van der Waals surface area contributed by atoms with E-state index in [2.05, 4.69) is 15.4 Å². The molecule has 7 nitrogen and oxygen atoms in total. The first-order chi connectivity index (χ1) is 13.7. The number of ether oxygens (including phenoxy) is 1. The molecule has 3 heterocycles. The number of ketones is 1. The fourth-order valence-electron chi connectivity index (χ4n) is 2.75. The average Bonchev–Trinajstić information content (AvgIpc) is 3.43. The van der Waals surface area contributed by atoms with Crippen molar-refractivity contribution in [2.24, 2.45) is 0 Å². The van der Waals surface area contributed by atoms with Gasteiger partial charge in [-0.05, 0) is 23.6 Å². The van der Waals surface area contributed by atoms with Gasteiger partial charge in [0.1, 0.15) is 5.75 Å². The number of aromatic nitrogens is 3. The maximum Gasteiger partial charge on any atom is 0.250 e. The molecule has 0 aliphatic heterocycles. The van der Waals surface area contributed by atoms with Gasteiger partial charge in [0, 0.05) is 23.8 Å². The van der Waals surface area contributed by atoms with Crippen LogP contribution in [0.15, 0.2) is 47.2 Å². The number of nitrogens with one attached hydrogen (secondary N) is 1. The molecule has 1 amide bonds. The second-order valence-corrected chi connectivity index (χ2v) is 7.68. The summed E-state index contributed by atoms with van der Waals surface area (Å²) in [6, 6.07) is 11.2. The van der Waals surface area contributed by atoms with Crippen LogP contribution < -0.4 is 10.1 Å². The first kappa shape index (κ1) is 18.3. The van der Waals surface area contributed by atoms with Crippen molar-refractivity contribution in [3.8, 4) is 17.0 Å². The van der Waals surface area contributed by atoms with E-state index >= 15 is 0 Å². The monoisotopic (exact) mass is 412 g/mol. The molecule has 0 spiro atoms. The topological polar surface area (TPSA) is 85.6 Å². The second-order valence-electron chi connectivity index (χ2n) is 5.90. The predicted molar refractivity (Wildman–Crippen MR) is 109 cm³/mol. The largest absolute Gasteiger partial charge is 0.496 e. The first-order valence-corrected chi connectivity index (χ1v) is 10.3. The van der Waals surface area contributed by atoms with Crippen LogP contribution in [0.2, 0.25) is 0 Å². The van der Waals surface area contributed by atoms with Gasteiger partial charge in [0.05, 0.1) is 17.7 Å². The summed E-state index contributed by atoms with van der Waals surface area (Å²) in [5, 5.41) is 10.8. The van der Waals surface area contributed by atoms with E-state index in [9.17, 15) is 9.59 Å². The summed E-state index contributed by atoms with van der Waals surface area (Å²) in [6.07, 6.45) is 0.240. The number of hydrogen-bond donors (Lipinski definition) is 1. The smallest absolute Gasteiger partial charge is 0.250 e. The molecule has 142 valence electrons. The Hall–Kier alpha value is -3.04. The maximum atomic E-state index is 12.2. The van der Waals surface area contributed by atoms with Crippen molar-refractivity contribution < 1.29 is 14.3 Å². The van der Waals surface area contributed by atoms with Crippen molar-refractivity contribution in [3.63, 3.8) is 0 Å². The highest BCUT2D eigenvalue weighted by molar-refractivity contribution is 7.15. The molecular weight excluding hydrogens is 396 g/mol. The summed E-state index contributed by atoms with van der Waals surface area (Å²) in [5.41, 5.74) is 1.72. The van der Waals surface area contributed by atoms with Crippen molar-refractivity contribution >= 4 is 45.3 Å². The van der Waals surface area contributed by atoms with Crippen LogP contribution in [0.4, 0.5) is 5.95 Å². The lowest BCUT2D eigenvalue weighted by atomic mass is 10.1. The number of amides is 1. The third-order valence-corrected chi connectivity index (χ3v) is 5.82. The number of para-hydroxylation sites is 1. The number of thiazole rings is 1. The number of thiophene rings is 1. The summed E-state index contributed by atoms with van der Waals surface area (Å²) >= 11 is 2.80. The molecule has 4 aromatic rings. The maximum absolute atomic E-state index is 12.2. The molecule has 9 heteroatoms. The van der Waals surface area contributed by atoms with Crippen LogP contribution in [0.25, 0.3) is 16.2 Å². The van der Waals surface area contributed by atoms with E-state index in [0.717, 1.165) is 17.0 Å². The normalized spacial score (nSPS) is 10.9. The lowest BCUT2D eigenvalue weighted by Gasteiger charge is -2.06. The van der Waals surface area contributed by atoms with E-state index in [4.69, 9.17) is 4.74 Å². The molecule has 0 saturated carbocycles. The van der Waals surface area contributed by atoms with Crippen LogP contribution in [-0.4, -0.2) is 33.4 Å². The van der Waals surface area contributed by atoms with Gasteiger partial charge in [-0.25, -0.2) is 4.52 Å². The van der Waals surface area contributed by atoms with Gasteiger partial charge in [0.25, 0.3) is 0 Å². The van der Waals surface area contributed by atoms with Crippen LogP contribution in [0, 0.1) is 0 Å². The Kier molecular flexibility index (Phi) is 5.18. The van der Waals surface area contributed by atoms with Gasteiger partial charge in [0.2, 0.25) is 16.8 Å². The minimum atomic E-state index is -0.290. The quantitative estimate of drug-likeness (QED) is 0.461. The standard InChI is InChI=1S/C19H16N4O3S2/c1-26-15-6-3-2-5-12(15)13-11-28-19-21-18(22-23(13)19)20-17(25)9-8-14(24)16-7-4-10-27-16/h2-7,10-11H,8-9H2,1H3,(H,20,22,25). The molecule has 0 aliphatic carbocycles. The molecule has 28 heavy (non-hydrogen) atoms. The molecule has 0 aliphatic rings. The van der Waals surface area contributed by atoms with E-state index in [1.54, 1.807) is 17.7 Å². The lowest BCUT2D eigenvalue weighted by Crippen LogP contribution is -2.14. The van der Waals surface area contributed by atoms with Crippen molar-refractivity contribution in [2.45, 2.75) is 12.8 Å². The summed E-state index contributed by atoms with van der Waals surface area (Å²) in [4.78, 5) is 29.8. The van der Waals surface area contributed by atoms with Gasteiger partial charge in [-0.15, -0.1) is 27.8 Å².